The quantitative estimate of drug-likeness (QED) is 0.589. The van der Waals surface area contributed by atoms with Gasteiger partial charge in [-0.25, -0.2) is 0 Å². The van der Waals surface area contributed by atoms with Gasteiger partial charge in [0.2, 0.25) is 0 Å². The Morgan fingerprint density at radius 1 is 1.21 bits per heavy atom. The number of benzene rings is 1. The van der Waals surface area contributed by atoms with Crippen molar-refractivity contribution in [2.75, 3.05) is 6.73 Å². The fraction of sp³-hybridized carbons (Fsp3) is 0.211. The molecule has 1 aromatic carbocycles. The highest BCUT2D eigenvalue weighted by Gasteiger charge is 2.22. The van der Waals surface area contributed by atoms with Crippen molar-refractivity contribution in [3.05, 3.63) is 58.0 Å². The van der Waals surface area contributed by atoms with Crippen molar-refractivity contribution in [3.8, 4) is 5.75 Å². The van der Waals surface area contributed by atoms with E-state index in [1.165, 1.54) is 26.7 Å². The number of H-pyrrole nitrogens is 1. The van der Waals surface area contributed by atoms with Crippen LogP contribution >= 0.6 is 11.3 Å². The van der Waals surface area contributed by atoms with E-state index in [1.807, 2.05) is 13.1 Å². The number of thiophene rings is 1. The summed E-state index contributed by atoms with van der Waals surface area (Å²) in [5.74, 6) is 0.988. The average Bonchev–Trinajstić information content (AvgIpc) is 3.23. The lowest BCUT2D eigenvalue weighted by Gasteiger charge is -2.28. The standard InChI is InChI=1S/C19H17N3OS/c1-12-18-15(6-7-20-12)14-4-5-17-16(19(14)21-18)10-22(11-23-17)9-13-3-2-8-24-13/h2-8,21H,9-11H2,1H3. The highest BCUT2D eigenvalue weighted by molar-refractivity contribution is 7.09. The maximum Gasteiger partial charge on any atom is 0.142 e. The second-order valence-electron chi connectivity index (χ2n) is 6.25. The topological polar surface area (TPSA) is 41.1 Å². The van der Waals surface area contributed by atoms with E-state index in [0.717, 1.165) is 30.0 Å². The third kappa shape index (κ3) is 2.12. The van der Waals surface area contributed by atoms with Crippen molar-refractivity contribution in [2.45, 2.75) is 20.0 Å². The van der Waals surface area contributed by atoms with Crippen molar-refractivity contribution in [1.82, 2.24) is 14.9 Å². The first-order chi connectivity index (χ1) is 11.8. The van der Waals surface area contributed by atoms with Gasteiger partial charge in [-0.3, -0.25) is 9.88 Å². The molecule has 120 valence electrons. The Labute approximate surface area is 143 Å². The second kappa shape index (κ2) is 5.33. The molecule has 0 unspecified atom stereocenters. The zero-order valence-corrected chi connectivity index (χ0v) is 14.2. The Kier molecular flexibility index (Phi) is 3.11. The summed E-state index contributed by atoms with van der Waals surface area (Å²) in [6.07, 6.45) is 1.88. The molecular formula is C19H17N3OS. The second-order valence-corrected chi connectivity index (χ2v) is 7.28. The van der Waals surface area contributed by atoms with Crippen LogP contribution in [0.3, 0.4) is 0 Å². The number of aromatic amines is 1. The monoisotopic (exact) mass is 335 g/mol. The predicted octanol–water partition coefficient (Wildman–Crippen LogP) is 4.44. The fourth-order valence-corrected chi connectivity index (χ4v) is 4.26. The lowest BCUT2D eigenvalue weighted by molar-refractivity contribution is 0.0905. The Bertz CT molecular complexity index is 1040. The smallest absolute Gasteiger partial charge is 0.142 e. The first-order valence-corrected chi connectivity index (χ1v) is 8.94. The third-order valence-electron chi connectivity index (χ3n) is 4.69. The first-order valence-electron chi connectivity index (χ1n) is 8.06. The van der Waals surface area contributed by atoms with Gasteiger partial charge in [0, 0.05) is 40.5 Å². The molecule has 4 aromatic rings. The molecule has 3 aromatic heterocycles. The molecule has 24 heavy (non-hydrogen) atoms. The van der Waals surface area contributed by atoms with E-state index in [9.17, 15) is 0 Å². The zero-order chi connectivity index (χ0) is 16.1. The molecule has 0 fully saturated rings. The zero-order valence-electron chi connectivity index (χ0n) is 13.4. The summed E-state index contributed by atoms with van der Waals surface area (Å²) in [4.78, 5) is 11.7. The number of aromatic nitrogens is 2. The molecule has 0 radical (unpaired) electrons. The van der Waals surface area contributed by atoms with Gasteiger partial charge in [0.1, 0.15) is 12.5 Å². The molecule has 4 nitrogen and oxygen atoms in total. The molecule has 1 N–H and O–H groups in total. The van der Waals surface area contributed by atoms with Crippen LogP contribution in [-0.4, -0.2) is 21.6 Å². The number of pyridine rings is 1. The molecule has 0 saturated heterocycles. The number of rotatable bonds is 2. The summed E-state index contributed by atoms with van der Waals surface area (Å²) in [6, 6.07) is 10.6. The average molecular weight is 335 g/mol. The Morgan fingerprint density at radius 3 is 3.00 bits per heavy atom. The van der Waals surface area contributed by atoms with Crippen LogP contribution in [0.2, 0.25) is 0 Å². The number of hydrogen-bond acceptors (Lipinski definition) is 4. The number of hydrogen-bond donors (Lipinski definition) is 1. The summed E-state index contributed by atoms with van der Waals surface area (Å²) >= 11 is 1.79. The van der Waals surface area contributed by atoms with E-state index in [2.05, 4.69) is 50.6 Å². The van der Waals surface area contributed by atoms with Gasteiger partial charge in [0.05, 0.1) is 16.7 Å². The molecule has 0 aliphatic carbocycles. The minimum absolute atomic E-state index is 0.636. The lowest BCUT2D eigenvalue weighted by Crippen LogP contribution is -2.31. The minimum Gasteiger partial charge on any atom is -0.478 e. The summed E-state index contributed by atoms with van der Waals surface area (Å²) in [7, 11) is 0. The Hall–Kier alpha value is -2.37. The molecule has 0 amide bonds. The fourth-order valence-electron chi connectivity index (χ4n) is 3.52. The van der Waals surface area contributed by atoms with Gasteiger partial charge in [-0.05, 0) is 36.6 Å². The van der Waals surface area contributed by atoms with E-state index in [-0.39, 0.29) is 0 Å². The van der Waals surface area contributed by atoms with Crippen LogP contribution in [0.15, 0.2) is 41.9 Å². The summed E-state index contributed by atoms with van der Waals surface area (Å²) in [6.45, 7) is 4.50. The van der Waals surface area contributed by atoms with Crippen LogP contribution in [0.4, 0.5) is 0 Å². The highest BCUT2D eigenvalue weighted by atomic mass is 32.1. The van der Waals surface area contributed by atoms with E-state index in [4.69, 9.17) is 4.74 Å². The van der Waals surface area contributed by atoms with Crippen LogP contribution in [0.25, 0.3) is 21.8 Å². The molecule has 0 bridgehead atoms. The molecule has 4 heterocycles. The molecular weight excluding hydrogens is 318 g/mol. The summed E-state index contributed by atoms with van der Waals surface area (Å²) in [5, 5.41) is 4.60. The number of nitrogens with one attached hydrogen (secondary N) is 1. The first kappa shape index (κ1) is 14.0. The van der Waals surface area contributed by atoms with Crippen LogP contribution < -0.4 is 4.74 Å². The van der Waals surface area contributed by atoms with E-state index in [0.29, 0.717) is 6.73 Å². The van der Waals surface area contributed by atoms with Crippen molar-refractivity contribution < 1.29 is 4.74 Å². The molecule has 0 atom stereocenters. The van der Waals surface area contributed by atoms with Gasteiger partial charge in [0.25, 0.3) is 0 Å². The van der Waals surface area contributed by atoms with Gasteiger partial charge >= 0.3 is 0 Å². The van der Waals surface area contributed by atoms with Crippen LogP contribution in [-0.2, 0) is 13.1 Å². The summed E-state index contributed by atoms with van der Waals surface area (Å²) < 4.78 is 6.01. The highest BCUT2D eigenvalue weighted by Crippen LogP contribution is 2.36. The molecule has 5 heteroatoms. The molecule has 1 aliphatic heterocycles. The molecule has 5 rings (SSSR count). The number of aryl methyl sites for hydroxylation is 1. The van der Waals surface area contributed by atoms with Gasteiger partial charge in [0.15, 0.2) is 0 Å². The van der Waals surface area contributed by atoms with Crippen molar-refractivity contribution >= 4 is 33.1 Å². The van der Waals surface area contributed by atoms with Crippen LogP contribution in [0.1, 0.15) is 16.1 Å². The van der Waals surface area contributed by atoms with Crippen LogP contribution in [0.5, 0.6) is 5.75 Å². The SMILES string of the molecule is Cc1nccc2c1[nH]c1c3c(ccc12)OCN(Cc1cccs1)C3. The Balaban J connectivity index is 1.62. The largest absolute Gasteiger partial charge is 0.478 e. The number of nitrogens with zero attached hydrogens (tertiary/aromatic N) is 2. The number of fused-ring (bicyclic) bond motifs is 5. The van der Waals surface area contributed by atoms with Gasteiger partial charge in [-0.1, -0.05) is 6.07 Å². The van der Waals surface area contributed by atoms with E-state index < -0.39 is 0 Å². The maximum atomic E-state index is 6.01. The Morgan fingerprint density at radius 2 is 2.12 bits per heavy atom. The van der Waals surface area contributed by atoms with Crippen molar-refractivity contribution in [2.24, 2.45) is 0 Å². The molecule has 0 saturated carbocycles. The van der Waals surface area contributed by atoms with Gasteiger partial charge in [-0.2, -0.15) is 0 Å². The number of ether oxygens (including phenoxy) is 1. The predicted molar refractivity (Wildman–Crippen MR) is 97.4 cm³/mol. The van der Waals surface area contributed by atoms with Crippen molar-refractivity contribution in [1.29, 1.82) is 0 Å². The maximum absolute atomic E-state index is 6.01. The molecule has 1 aliphatic rings. The molecule has 0 spiro atoms. The van der Waals surface area contributed by atoms with E-state index >= 15 is 0 Å². The lowest BCUT2D eigenvalue weighted by atomic mass is 10.1. The van der Waals surface area contributed by atoms with Crippen LogP contribution in [0, 0.1) is 6.92 Å². The van der Waals surface area contributed by atoms with Gasteiger partial charge in [-0.15, -0.1) is 11.3 Å². The van der Waals surface area contributed by atoms with Crippen molar-refractivity contribution in [3.63, 3.8) is 0 Å². The minimum atomic E-state index is 0.636. The summed E-state index contributed by atoms with van der Waals surface area (Å²) in [5.41, 5.74) is 4.57. The third-order valence-corrected chi connectivity index (χ3v) is 5.56. The van der Waals surface area contributed by atoms with E-state index in [1.54, 1.807) is 11.3 Å². The normalized spacial score (nSPS) is 14.9. The van der Waals surface area contributed by atoms with Gasteiger partial charge < -0.3 is 9.72 Å².